The molecule has 1 saturated carbocycles. The summed E-state index contributed by atoms with van der Waals surface area (Å²) in [6.07, 6.45) is 3.18. The summed E-state index contributed by atoms with van der Waals surface area (Å²) >= 11 is 0. The highest BCUT2D eigenvalue weighted by Crippen LogP contribution is 2.37. The van der Waals surface area contributed by atoms with Crippen molar-refractivity contribution < 1.29 is 14.7 Å². The van der Waals surface area contributed by atoms with Gasteiger partial charge in [-0.1, -0.05) is 26.7 Å². The molecule has 0 saturated heterocycles. The van der Waals surface area contributed by atoms with Crippen LogP contribution in [-0.4, -0.2) is 29.1 Å². The molecular formula is C13H24N2O3. The van der Waals surface area contributed by atoms with Gasteiger partial charge in [-0.05, 0) is 25.7 Å². The average molecular weight is 256 g/mol. The number of amides is 1. The summed E-state index contributed by atoms with van der Waals surface area (Å²) < 4.78 is 0. The van der Waals surface area contributed by atoms with Crippen molar-refractivity contribution in [2.45, 2.75) is 58.5 Å². The lowest BCUT2D eigenvalue weighted by Crippen LogP contribution is -2.53. The van der Waals surface area contributed by atoms with E-state index >= 15 is 0 Å². The van der Waals surface area contributed by atoms with Crippen LogP contribution in [-0.2, 0) is 9.59 Å². The molecular weight excluding hydrogens is 232 g/mol. The van der Waals surface area contributed by atoms with Gasteiger partial charge in [0.15, 0.2) is 0 Å². The van der Waals surface area contributed by atoms with Gasteiger partial charge in [-0.25, -0.2) is 4.79 Å². The van der Waals surface area contributed by atoms with Gasteiger partial charge in [0.2, 0.25) is 5.91 Å². The molecule has 0 heterocycles. The number of carbonyl (C=O) groups is 2. The van der Waals surface area contributed by atoms with Crippen LogP contribution in [0, 0.1) is 11.3 Å². The van der Waals surface area contributed by atoms with Gasteiger partial charge in [-0.15, -0.1) is 0 Å². The van der Waals surface area contributed by atoms with Crippen molar-refractivity contribution in [1.82, 2.24) is 5.32 Å². The Hall–Kier alpha value is -1.10. The molecule has 5 nitrogen and oxygen atoms in total. The van der Waals surface area contributed by atoms with Crippen molar-refractivity contribution in [1.29, 1.82) is 0 Å². The fourth-order valence-corrected chi connectivity index (χ4v) is 2.46. The topological polar surface area (TPSA) is 92.4 Å². The van der Waals surface area contributed by atoms with E-state index in [1.165, 1.54) is 0 Å². The monoisotopic (exact) mass is 256 g/mol. The van der Waals surface area contributed by atoms with Crippen LogP contribution in [0.4, 0.5) is 0 Å². The molecule has 4 atom stereocenters. The van der Waals surface area contributed by atoms with E-state index in [-0.39, 0.29) is 17.9 Å². The Morgan fingerprint density at radius 2 is 2.17 bits per heavy atom. The minimum Gasteiger partial charge on any atom is -0.480 e. The standard InChI is InChI=1S/C13H24N2O3/c1-4-8(2)10(11(16)17)15-12(18)13(3)7-5-6-9(13)14/h8-10H,4-7,14H2,1-3H3,(H,15,18)(H,16,17)/t8-,9?,10-,13?/m0/s1. The molecule has 1 rings (SSSR count). The zero-order chi connectivity index (χ0) is 13.9. The first kappa shape index (κ1) is 15.0. The van der Waals surface area contributed by atoms with Crippen molar-refractivity contribution in [3.8, 4) is 0 Å². The van der Waals surface area contributed by atoms with E-state index in [2.05, 4.69) is 5.32 Å². The largest absolute Gasteiger partial charge is 0.480 e. The number of carbonyl (C=O) groups excluding carboxylic acids is 1. The second-order valence-corrected chi connectivity index (χ2v) is 5.59. The molecule has 18 heavy (non-hydrogen) atoms. The van der Waals surface area contributed by atoms with Crippen molar-refractivity contribution in [3.05, 3.63) is 0 Å². The third-order valence-electron chi connectivity index (χ3n) is 4.31. The molecule has 0 spiro atoms. The van der Waals surface area contributed by atoms with Gasteiger partial charge in [-0.2, -0.15) is 0 Å². The Labute approximate surface area is 108 Å². The Morgan fingerprint density at radius 3 is 2.56 bits per heavy atom. The maximum absolute atomic E-state index is 12.3. The van der Waals surface area contributed by atoms with E-state index < -0.39 is 17.4 Å². The molecule has 0 aliphatic heterocycles. The number of hydrogen-bond acceptors (Lipinski definition) is 3. The fraction of sp³-hybridized carbons (Fsp3) is 0.846. The van der Waals surface area contributed by atoms with Crippen LogP contribution in [0.2, 0.25) is 0 Å². The van der Waals surface area contributed by atoms with Crippen molar-refractivity contribution in [2.75, 3.05) is 0 Å². The zero-order valence-electron chi connectivity index (χ0n) is 11.4. The maximum Gasteiger partial charge on any atom is 0.326 e. The predicted molar refractivity (Wildman–Crippen MR) is 69.0 cm³/mol. The minimum absolute atomic E-state index is 0.0901. The Morgan fingerprint density at radius 1 is 1.56 bits per heavy atom. The van der Waals surface area contributed by atoms with Gasteiger partial charge in [-0.3, -0.25) is 4.79 Å². The molecule has 0 aromatic heterocycles. The summed E-state index contributed by atoms with van der Waals surface area (Å²) in [6.45, 7) is 5.57. The van der Waals surface area contributed by atoms with Gasteiger partial charge >= 0.3 is 5.97 Å². The second kappa shape index (κ2) is 5.69. The predicted octanol–water partition coefficient (Wildman–Crippen LogP) is 1.12. The lowest BCUT2D eigenvalue weighted by atomic mass is 9.83. The molecule has 0 radical (unpaired) electrons. The van der Waals surface area contributed by atoms with Crippen molar-refractivity contribution in [2.24, 2.45) is 17.1 Å². The first-order valence-corrected chi connectivity index (χ1v) is 6.62. The van der Waals surface area contributed by atoms with Crippen LogP contribution in [0.5, 0.6) is 0 Å². The van der Waals surface area contributed by atoms with E-state index in [9.17, 15) is 14.7 Å². The van der Waals surface area contributed by atoms with E-state index in [4.69, 9.17) is 5.73 Å². The molecule has 1 fully saturated rings. The van der Waals surface area contributed by atoms with Gasteiger partial charge in [0.1, 0.15) is 6.04 Å². The lowest BCUT2D eigenvalue weighted by molar-refractivity contribution is -0.145. The summed E-state index contributed by atoms with van der Waals surface area (Å²) in [6, 6.07) is -1.00. The number of nitrogens with one attached hydrogen (secondary N) is 1. The highest BCUT2D eigenvalue weighted by Gasteiger charge is 2.44. The smallest absolute Gasteiger partial charge is 0.326 e. The molecule has 0 aromatic carbocycles. The third-order valence-corrected chi connectivity index (χ3v) is 4.31. The zero-order valence-corrected chi connectivity index (χ0v) is 11.4. The SMILES string of the molecule is CC[C@H](C)[C@H](NC(=O)C1(C)CCCC1N)C(=O)O. The van der Waals surface area contributed by atoms with Gasteiger partial charge < -0.3 is 16.2 Å². The quantitative estimate of drug-likeness (QED) is 0.687. The molecule has 0 aromatic rings. The molecule has 4 N–H and O–H groups in total. The number of rotatable bonds is 5. The summed E-state index contributed by atoms with van der Waals surface area (Å²) in [5, 5.41) is 11.8. The number of aliphatic carboxylic acids is 1. The van der Waals surface area contributed by atoms with E-state index in [1.807, 2.05) is 20.8 Å². The van der Waals surface area contributed by atoms with E-state index in [1.54, 1.807) is 0 Å². The van der Waals surface area contributed by atoms with Crippen LogP contribution in [0.15, 0.2) is 0 Å². The summed E-state index contributed by atoms with van der Waals surface area (Å²) in [7, 11) is 0. The minimum atomic E-state index is -0.979. The fourth-order valence-electron chi connectivity index (χ4n) is 2.46. The third kappa shape index (κ3) is 2.83. The summed E-state index contributed by atoms with van der Waals surface area (Å²) in [4.78, 5) is 23.4. The molecule has 1 amide bonds. The van der Waals surface area contributed by atoms with Crippen molar-refractivity contribution in [3.63, 3.8) is 0 Å². The van der Waals surface area contributed by atoms with Crippen LogP contribution in [0.1, 0.15) is 46.5 Å². The number of carboxylic acids is 1. The van der Waals surface area contributed by atoms with Gasteiger partial charge in [0.05, 0.1) is 5.41 Å². The first-order valence-electron chi connectivity index (χ1n) is 6.62. The second-order valence-electron chi connectivity index (χ2n) is 5.59. The molecule has 0 bridgehead atoms. The molecule has 2 unspecified atom stereocenters. The van der Waals surface area contributed by atoms with Crippen LogP contribution < -0.4 is 11.1 Å². The normalized spacial score (nSPS) is 30.8. The molecule has 104 valence electrons. The van der Waals surface area contributed by atoms with E-state index in [0.29, 0.717) is 6.42 Å². The Balaban J connectivity index is 2.75. The van der Waals surface area contributed by atoms with E-state index in [0.717, 1.165) is 19.3 Å². The molecule has 1 aliphatic rings. The number of carboxylic acid groups (broad SMARTS) is 1. The molecule has 1 aliphatic carbocycles. The molecule has 5 heteroatoms. The van der Waals surface area contributed by atoms with Crippen LogP contribution in [0.25, 0.3) is 0 Å². The lowest BCUT2D eigenvalue weighted by Gasteiger charge is -2.30. The first-order chi connectivity index (χ1) is 8.32. The highest BCUT2D eigenvalue weighted by atomic mass is 16.4. The average Bonchev–Trinajstić information content (AvgIpc) is 2.66. The number of hydrogen-bond donors (Lipinski definition) is 3. The Kier molecular flexibility index (Phi) is 4.73. The Bertz CT molecular complexity index is 332. The van der Waals surface area contributed by atoms with Gasteiger partial charge in [0.25, 0.3) is 0 Å². The maximum atomic E-state index is 12.3. The summed E-state index contributed by atoms with van der Waals surface area (Å²) in [5.41, 5.74) is 5.34. The highest BCUT2D eigenvalue weighted by molar-refractivity contribution is 5.88. The van der Waals surface area contributed by atoms with Crippen molar-refractivity contribution >= 4 is 11.9 Å². The summed E-state index contributed by atoms with van der Waals surface area (Å²) in [5.74, 6) is -1.29. The van der Waals surface area contributed by atoms with Gasteiger partial charge in [0, 0.05) is 6.04 Å². The number of nitrogens with two attached hydrogens (primary N) is 1. The van der Waals surface area contributed by atoms with Crippen LogP contribution in [0.3, 0.4) is 0 Å². The van der Waals surface area contributed by atoms with Crippen LogP contribution >= 0.6 is 0 Å².